The summed E-state index contributed by atoms with van der Waals surface area (Å²) < 4.78 is 34.9. The number of hydrogen-bond acceptors (Lipinski definition) is 6. The topological polar surface area (TPSA) is 100 Å². The van der Waals surface area contributed by atoms with Gasteiger partial charge in [0.25, 0.3) is 5.91 Å². The van der Waals surface area contributed by atoms with Crippen molar-refractivity contribution in [1.82, 2.24) is 9.78 Å². The second-order valence-corrected chi connectivity index (χ2v) is 10.2. The van der Waals surface area contributed by atoms with E-state index < -0.39 is 17.5 Å². The van der Waals surface area contributed by atoms with Crippen molar-refractivity contribution in [2.24, 2.45) is 5.10 Å². The van der Waals surface area contributed by atoms with Crippen molar-refractivity contribution in [3.63, 3.8) is 0 Å². The van der Waals surface area contributed by atoms with Gasteiger partial charge in [0, 0.05) is 11.1 Å². The van der Waals surface area contributed by atoms with Crippen molar-refractivity contribution < 1.29 is 28.5 Å². The van der Waals surface area contributed by atoms with E-state index in [1.54, 1.807) is 43.3 Å². The summed E-state index contributed by atoms with van der Waals surface area (Å²) in [5, 5.41) is 32.4. The lowest BCUT2D eigenvalue weighted by atomic mass is 9.95. The summed E-state index contributed by atoms with van der Waals surface area (Å²) in [4.78, 5) is 13.9. The van der Waals surface area contributed by atoms with Crippen LogP contribution in [-0.2, 0) is 4.79 Å². The Morgan fingerprint density at radius 2 is 1.43 bits per heavy atom. The van der Waals surface area contributed by atoms with Gasteiger partial charge in [0.15, 0.2) is 0 Å². The molecule has 0 atom stereocenters. The van der Waals surface area contributed by atoms with Crippen molar-refractivity contribution in [2.45, 2.75) is 6.92 Å². The van der Waals surface area contributed by atoms with Crippen LogP contribution in [0, 0.1) is 11.6 Å². The van der Waals surface area contributed by atoms with Crippen LogP contribution in [0.25, 0.3) is 22.7 Å². The van der Waals surface area contributed by atoms with E-state index in [2.05, 4.69) is 10.2 Å². The number of fused-ring (bicyclic) bond motifs is 3. The Hall–Kier alpha value is -6.03. The van der Waals surface area contributed by atoms with Gasteiger partial charge in [-0.1, -0.05) is 24.3 Å². The van der Waals surface area contributed by atoms with Crippen LogP contribution < -0.4 is 9.75 Å². The van der Waals surface area contributed by atoms with Gasteiger partial charge in [-0.05, 0) is 91.4 Å². The van der Waals surface area contributed by atoms with Gasteiger partial charge in [-0.3, -0.25) is 4.79 Å². The number of carbonyl (C=O) groups excluding carboxylic acids is 1. The number of halogens is 2. The number of para-hydroxylation sites is 2. The zero-order valence-electron chi connectivity index (χ0n) is 23.1. The standard InChI is InChI=1S/C34H22F2N4O4/c1-19(29-31(24-6-2-4-8-26(24)41)37-39(33(29)42)22-14-10-20(35)11-15-22)18-28-30-32(25-7-3-5-9-27(25)44-28)38-40(34(30)43)23-16-12-21(36)13-17-23/h2-18,41,43H,1H3. The molecule has 7 rings (SSSR count). The van der Waals surface area contributed by atoms with E-state index in [1.165, 1.54) is 59.3 Å². The lowest BCUT2D eigenvalue weighted by molar-refractivity contribution is -0.114. The molecule has 0 bridgehead atoms. The molecule has 8 nitrogen and oxygen atoms in total. The molecule has 2 aliphatic rings. The number of aromatic nitrogens is 2. The zero-order valence-corrected chi connectivity index (χ0v) is 23.1. The monoisotopic (exact) mass is 588 g/mol. The fourth-order valence-electron chi connectivity index (χ4n) is 5.26. The average Bonchev–Trinajstić information content (AvgIpc) is 3.55. The lowest BCUT2D eigenvalue weighted by Crippen LogP contribution is -2.22. The highest BCUT2D eigenvalue weighted by atomic mass is 19.1. The maximum atomic E-state index is 13.9. The molecule has 1 aromatic heterocycles. The van der Waals surface area contributed by atoms with E-state index in [9.17, 15) is 23.8 Å². The third kappa shape index (κ3) is 4.40. The first-order valence-electron chi connectivity index (χ1n) is 13.6. The lowest BCUT2D eigenvalue weighted by Gasteiger charge is -2.19. The van der Waals surface area contributed by atoms with Crippen molar-refractivity contribution in [1.29, 1.82) is 0 Å². The molecule has 0 unspecified atom stereocenters. The van der Waals surface area contributed by atoms with Crippen molar-refractivity contribution >= 4 is 23.1 Å². The van der Waals surface area contributed by atoms with Crippen LogP contribution in [0.4, 0.5) is 14.5 Å². The van der Waals surface area contributed by atoms with Gasteiger partial charge < -0.3 is 14.9 Å². The molecular weight excluding hydrogens is 566 g/mol. The number of ether oxygens (including phenoxy) is 1. The van der Waals surface area contributed by atoms with Crippen molar-refractivity contribution in [2.75, 3.05) is 5.01 Å². The summed E-state index contributed by atoms with van der Waals surface area (Å²) in [6.45, 7) is 1.69. The van der Waals surface area contributed by atoms with Crippen LogP contribution in [0.5, 0.6) is 17.4 Å². The minimum Gasteiger partial charge on any atom is -0.507 e. The van der Waals surface area contributed by atoms with E-state index in [0.29, 0.717) is 39.5 Å². The van der Waals surface area contributed by atoms with Gasteiger partial charge in [0.05, 0.1) is 16.9 Å². The minimum atomic E-state index is -0.508. The molecule has 0 aliphatic carbocycles. The van der Waals surface area contributed by atoms with E-state index in [0.717, 1.165) is 5.01 Å². The van der Waals surface area contributed by atoms with Crippen molar-refractivity contribution in [3.8, 4) is 34.3 Å². The summed E-state index contributed by atoms with van der Waals surface area (Å²) in [7, 11) is 0. The molecule has 2 N–H and O–H groups in total. The summed E-state index contributed by atoms with van der Waals surface area (Å²) in [5.74, 6) is -1.04. The highest BCUT2D eigenvalue weighted by molar-refractivity contribution is 6.36. The van der Waals surface area contributed by atoms with Gasteiger partial charge in [0.2, 0.25) is 5.88 Å². The number of aromatic hydroxyl groups is 2. The summed E-state index contributed by atoms with van der Waals surface area (Å²) in [5.41, 5.74) is 3.21. The van der Waals surface area contributed by atoms with Crippen LogP contribution in [-0.4, -0.2) is 31.6 Å². The van der Waals surface area contributed by atoms with Crippen molar-refractivity contribution in [3.05, 3.63) is 137 Å². The molecule has 10 heteroatoms. The second-order valence-electron chi connectivity index (χ2n) is 10.2. The SMILES string of the molecule is CC(C=C1Oc2ccccc2-c2nn(-c3ccc(F)cc3)c(O)c21)=C1C(=O)N(c2ccc(F)cc2)N=C1c1ccccc1O. The minimum absolute atomic E-state index is 0.0821. The first kappa shape index (κ1) is 26.8. The number of phenolic OH excluding ortho intramolecular Hbond substituents is 1. The van der Waals surface area contributed by atoms with Gasteiger partial charge in [-0.15, -0.1) is 0 Å². The van der Waals surface area contributed by atoms with Gasteiger partial charge in [-0.25, -0.2) is 8.78 Å². The Morgan fingerprint density at radius 3 is 2.11 bits per heavy atom. The number of amides is 1. The Balaban J connectivity index is 1.41. The molecule has 0 spiro atoms. The van der Waals surface area contributed by atoms with E-state index in [4.69, 9.17) is 4.74 Å². The largest absolute Gasteiger partial charge is 0.507 e. The molecule has 44 heavy (non-hydrogen) atoms. The average molecular weight is 589 g/mol. The summed E-state index contributed by atoms with van der Waals surface area (Å²) in [6, 6.07) is 24.5. The summed E-state index contributed by atoms with van der Waals surface area (Å²) >= 11 is 0. The molecule has 0 saturated carbocycles. The third-order valence-corrected chi connectivity index (χ3v) is 7.36. The molecule has 0 fully saturated rings. The van der Waals surface area contributed by atoms with Crippen LogP contribution in [0.15, 0.2) is 119 Å². The van der Waals surface area contributed by atoms with Crippen LogP contribution in [0.3, 0.4) is 0 Å². The Morgan fingerprint density at radius 1 is 0.818 bits per heavy atom. The number of anilines is 1. The number of hydrazone groups is 1. The van der Waals surface area contributed by atoms with Crippen LogP contribution in [0.1, 0.15) is 18.1 Å². The Kier molecular flexibility index (Phi) is 6.32. The second kappa shape index (κ2) is 10.4. The molecule has 5 aromatic rings. The molecular formula is C34H22F2N4O4. The van der Waals surface area contributed by atoms with Crippen LogP contribution in [0.2, 0.25) is 0 Å². The first-order valence-corrected chi connectivity index (χ1v) is 13.6. The van der Waals surface area contributed by atoms with E-state index >= 15 is 0 Å². The number of phenols is 1. The summed E-state index contributed by atoms with van der Waals surface area (Å²) in [6.07, 6.45) is 1.60. The molecule has 2 aliphatic heterocycles. The molecule has 3 heterocycles. The maximum absolute atomic E-state index is 13.9. The molecule has 1 amide bonds. The Labute approximate surface area is 249 Å². The highest BCUT2D eigenvalue weighted by Crippen LogP contribution is 2.46. The fraction of sp³-hybridized carbons (Fsp3) is 0.0294. The number of carbonyl (C=O) groups is 1. The highest BCUT2D eigenvalue weighted by Gasteiger charge is 2.36. The smallest absolute Gasteiger partial charge is 0.281 e. The Bertz CT molecular complexity index is 2060. The maximum Gasteiger partial charge on any atom is 0.281 e. The number of nitrogens with zero attached hydrogens (tertiary/aromatic N) is 4. The molecule has 0 radical (unpaired) electrons. The number of rotatable bonds is 4. The normalized spacial score (nSPS) is 16.0. The molecule has 0 saturated heterocycles. The zero-order chi connectivity index (χ0) is 30.5. The molecule has 216 valence electrons. The fourth-order valence-corrected chi connectivity index (χ4v) is 5.26. The van der Waals surface area contributed by atoms with Gasteiger partial charge in [-0.2, -0.15) is 19.9 Å². The third-order valence-electron chi connectivity index (χ3n) is 7.36. The van der Waals surface area contributed by atoms with Gasteiger partial charge >= 0.3 is 0 Å². The predicted octanol–water partition coefficient (Wildman–Crippen LogP) is 6.73. The first-order chi connectivity index (χ1) is 21.3. The number of hydrogen-bond donors (Lipinski definition) is 2. The number of allylic oxidation sites excluding steroid dienone is 2. The molecule has 4 aromatic carbocycles. The number of benzene rings is 4. The van der Waals surface area contributed by atoms with E-state index in [1.807, 2.05) is 12.1 Å². The van der Waals surface area contributed by atoms with Crippen LogP contribution >= 0.6 is 0 Å². The van der Waals surface area contributed by atoms with Gasteiger partial charge in [0.1, 0.15) is 45.9 Å². The van der Waals surface area contributed by atoms with E-state index in [-0.39, 0.29) is 34.2 Å². The quantitative estimate of drug-likeness (QED) is 0.227. The predicted molar refractivity (Wildman–Crippen MR) is 160 cm³/mol.